The van der Waals surface area contributed by atoms with E-state index in [4.69, 9.17) is 0 Å². The van der Waals surface area contributed by atoms with Gasteiger partial charge < -0.3 is 0 Å². The van der Waals surface area contributed by atoms with E-state index < -0.39 is 0 Å². The molecule has 0 nitrogen and oxygen atoms in total. The first-order valence-corrected chi connectivity index (χ1v) is 7.44. The largest absolute Gasteiger partial charge is 0.0996 e. The molecule has 0 radical (unpaired) electrons. The highest BCUT2D eigenvalue weighted by molar-refractivity contribution is 5.25. The van der Waals surface area contributed by atoms with Crippen LogP contribution in [0.25, 0.3) is 0 Å². The van der Waals surface area contributed by atoms with Crippen LogP contribution >= 0.6 is 0 Å². The lowest BCUT2D eigenvalue weighted by atomic mass is 9.77. The van der Waals surface area contributed by atoms with Gasteiger partial charge >= 0.3 is 0 Å². The monoisotopic (exact) mass is 242 g/mol. The Hall–Kier alpha value is -1.04. The highest BCUT2D eigenvalue weighted by Crippen LogP contribution is 2.34. The molecular weight excluding hydrogens is 216 g/mol. The fraction of sp³-hybridized carbons (Fsp3) is 0.556. The van der Waals surface area contributed by atoms with Crippen LogP contribution in [0.3, 0.4) is 0 Å². The Morgan fingerprint density at radius 1 is 1.22 bits per heavy atom. The Morgan fingerprint density at radius 2 is 1.89 bits per heavy atom. The van der Waals surface area contributed by atoms with Gasteiger partial charge in [-0.15, -0.1) is 0 Å². The topological polar surface area (TPSA) is 0 Å². The zero-order valence-electron chi connectivity index (χ0n) is 11.9. The molecule has 1 aliphatic carbocycles. The summed E-state index contributed by atoms with van der Waals surface area (Å²) in [5, 5.41) is 0. The molecule has 0 heterocycles. The summed E-state index contributed by atoms with van der Waals surface area (Å²) < 4.78 is 0. The van der Waals surface area contributed by atoms with E-state index >= 15 is 0 Å². The van der Waals surface area contributed by atoms with E-state index in [0.717, 1.165) is 11.8 Å². The molecule has 1 saturated carbocycles. The minimum absolute atomic E-state index is 0.759. The van der Waals surface area contributed by atoms with Crippen molar-refractivity contribution >= 4 is 0 Å². The molecule has 1 fully saturated rings. The van der Waals surface area contributed by atoms with Crippen LogP contribution in [0.2, 0.25) is 0 Å². The molecule has 0 heteroatoms. The van der Waals surface area contributed by atoms with Crippen LogP contribution in [0, 0.1) is 11.8 Å². The molecule has 98 valence electrons. The fourth-order valence-electron chi connectivity index (χ4n) is 2.89. The van der Waals surface area contributed by atoms with Gasteiger partial charge in [-0.1, -0.05) is 63.1 Å². The molecular formula is C18H26. The Bertz CT molecular complexity index is 385. The van der Waals surface area contributed by atoms with Crippen molar-refractivity contribution in [3.63, 3.8) is 0 Å². The standard InChI is InChI=1S/C18H26/c1-4-5-14(2)12-16-7-9-17(10-8-16)13-18-11-6-15(18)3/h7-10,14,18H,3-6,11-13H2,1-2H3. The molecule has 1 aliphatic rings. The lowest BCUT2D eigenvalue weighted by Crippen LogP contribution is -2.17. The SMILES string of the molecule is C=C1CCC1Cc1ccc(CC(C)CCC)cc1. The molecule has 1 aromatic carbocycles. The third kappa shape index (κ3) is 3.48. The zero-order valence-corrected chi connectivity index (χ0v) is 11.9. The molecule has 0 aliphatic heterocycles. The number of allylic oxidation sites excluding steroid dienone is 1. The number of hydrogen-bond acceptors (Lipinski definition) is 0. The predicted molar refractivity (Wildman–Crippen MR) is 79.8 cm³/mol. The molecule has 18 heavy (non-hydrogen) atoms. The molecule has 2 rings (SSSR count). The lowest BCUT2D eigenvalue weighted by Gasteiger charge is -2.29. The van der Waals surface area contributed by atoms with E-state index in [2.05, 4.69) is 44.7 Å². The van der Waals surface area contributed by atoms with Gasteiger partial charge in [-0.3, -0.25) is 0 Å². The lowest BCUT2D eigenvalue weighted by molar-refractivity contribution is 0.443. The summed E-state index contributed by atoms with van der Waals surface area (Å²) in [6.45, 7) is 8.74. The van der Waals surface area contributed by atoms with Crippen LogP contribution in [-0.2, 0) is 12.8 Å². The van der Waals surface area contributed by atoms with Gasteiger partial charge in [-0.2, -0.15) is 0 Å². The number of benzene rings is 1. The highest BCUT2D eigenvalue weighted by atomic mass is 14.3. The highest BCUT2D eigenvalue weighted by Gasteiger charge is 2.21. The van der Waals surface area contributed by atoms with Crippen LogP contribution in [0.1, 0.15) is 50.7 Å². The molecule has 2 atom stereocenters. The Balaban J connectivity index is 1.86. The van der Waals surface area contributed by atoms with Crippen molar-refractivity contribution in [3.05, 3.63) is 47.5 Å². The summed E-state index contributed by atoms with van der Waals surface area (Å²) in [5.74, 6) is 1.57. The van der Waals surface area contributed by atoms with Crippen molar-refractivity contribution < 1.29 is 0 Å². The van der Waals surface area contributed by atoms with Gasteiger partial charge in [0.2, 0.25) is 0 Å². The van der Waals surface area contributed by atoms with Crippen molar-refractivity contribution in [2.75, 3.05) is 0 Å². The first kappa shape index (κ1) is 13.4. The zero-order chi connectivity index (χ0) is 13.0. The maximum atomic E-state index is 4.12. The van der Waals surface area contributed by atoms with Crippen LogP contribution < -0.4 is 0 Å². The predicted octanol–water partition coefficient (Wildman–Crippen LogP) is 5.17. The van der Waals surface area contributed by atoms with E-state index in [1.807, 2.05) is 0 Å². The van der Waals surface area contributed by atoms with Crippen LogP contribution in [-0.4, -0.2) is 0 Å². The summed E-state index contributed by atoms with van der Waals surface area (Å²) in [6, 6.07) is 9.28. The van der Waals surface area contributed by atoms with E-state index in [1.165, 1.54) is 55.2 Å². The van der Waals surface area contributed by atoms with Crippen molar-refractivity contribution in [1.29, 1.82) is 0 Å². The minimum Gasteiger partial charge on any atom is -0.0996 e. The molecule has 0 saturated heterocycles. The second-order valence-electron chi connectivity index (χ2n) is 6.01. The molecule has 0 spiro atoms. The third-order valence-electron chi connectivity index (χ3n) is 4.26. The average molecular weight is 242 g/mol. The second-order valence-corrected chi connectivity index (χ2v) is 6.01. The van der Waals surface area contributed by atoms with Gasteiger partial charge in [-0.25, -0.2) is 0 Å². The van der Waals surface area contributed by atoms with Crippen molar-refractivity contribution in [3.8, 4) is 0 Å². The molecule has 0 amide bonds. The van der Waals surface area contributed by atoms with Crippen molar-refractivity contribution in [2.45, 2.75) is 52.4 Å². The van der Waals surface area contributed by atoms with Gasteiger partial charge in [0, 0.05) is 0 Å². The minimum atomic E-state index is 0.759. The summed E-state index contributed by atoms with van der Waals surface area (Å²) in [7, 11) is 0. The van der Waals surface area contributed by atoms with Crippen molar-refractivity contribution in [1.82, 2.24) is 0 Å². The Labute approximate surface area is 112 Å². The molecule has 2 unspecified atom stereocenters. The molecule has 0 bridgehead atoms. The van der Waals surface area contributed by atoms with E-state index in [0.29, 0.717) is 0 Å². The quantitative estimate of drug-likeness (QED) is 0.603. The number of hydrogen-bond donors (Lipinski definition) is 0. The van der Waals surface area contributed by atoms with E-state index in [1.54, 1.807) is 0 Å². The second kappa shape index (κ2) is 6.22. The van der Waals surface area contributed by atoms with E-state index in [-0.39, 0.29) is 0 Å². The summed E-state index contributed by atoms with van der Waals surface area (Å²) >= 11 is 0. The summed E-state index contributed by atoms with van der Waals surface area (Å²) in [5.41, 5.74) is 4.43. The van der Waals surface area contributed by atoms with Gasteiger partial charge in [0.15, 0.2) is 0 Å². The van der Waals surface area contributed by atoms with Crippen LogP contribution in [0.5, 0.6) is 0 Å². The average Bonchev–Trinajstić information content (AvgIpc) is 2.36. The molecule has 1 aromatic rings. The van der Waals surface area contributed by atoms with Gasteiger partial charge in [0.05, 0.1) is 0 Å². The Kier molecular flexibility index (Phi) is 4.63. The van der Waals surface area contributed by atoms with E-state index in [9.17, 15) is 0 Å². The number of rotatable bonds is 6. The molecule has 0 N–H and O–H groups in total. The Morgan fingerprint density at radius 3 is 2.39 bits per heavy atom. The van der Waals surface area contributed by atoms with Crippen LogP contribution in [0.15, 0.2) is 36.4 Å². The molecule has 0 aromatic heterocycles. The maximum Gasteiger partial charge on any atom is -0.0162 e. The van der Waals surface area contributed by atoms with Gasteiger partial charge in [0.1, 0.15) is 0 Å². The summed E-state index contributed by atoms with van der Waals surface area (Å²) in [4.78, 5) is 0. The van der Waals surface area contributed by atoms with Gasteiger partial charge in [0.25, 0.3) is 0 Å². The fourth-order valence-corrected chi connectivity index (χ4v) is 2.89. The summed E-state index contributed by atoms with van der Waals surface area (Å²) in [6.07, 6.45) is 7.64. The van der Waals surface area contributed by atoms with Crippen LogP contribution in [0.4, 0.5) is 0 Å². The van der Waals surface area contributed by atoms with Crippen molar-refractivity contribution in [2.24, 2.45) is 11.8 Å². The maximum absolute atomic E-state index is 4.12. The van der Waals surface area contributed by atoms with Gasteiger partial charge in [-0.05, 0) is 48.6 Å². The normalized spacial score (nSPS) is 20.6. The first-order chi connectivity index (χ1) is 8.69. The third-order valence-corrected chi connectivity index (χ3v) is 4.26. The first-order valence-electron chi connectivity index (χ1n) is 7.44. The smallest absolute Gasteiger partial charge is 0.0162 e.